The summed E-state index contributed by atoms with van der Waals surface area (Å²) in [4.78, 5) is 11.0. The molecule has 1 unspecified atom stereocenters. The molecule has 1 N–H and O–H groups in total. The van der Waals surface area contributed by atoms with Crippen LogP contribution in [-0.4, -0.2) is 36.9 Å². The molecule has 5 nitrogen and oxygen atoms in total. The molecule has 1 aromatic carbocycles. The molecular weight excluding hydrogens is 254 g/mol. The summed E-state index contributed by atoms with van der Waals surface area (Å²) in [5, 5.41) is 8.86. The number of nitrogens with zero attached hydrogens (tertiary/aromatic N) is 1. The lowest BCUT2D eigenvalue weighted by Gasteiger charge is -2.21. The van der Waals surface area contributed by atoms with Gasteiger partial charge in [0.05, 0.1) is 4.90 Å². The number of carbonyl (C=O) groups is 1. The van der Waals surface area contributed by atoms with E-state index in [0.717, 1.165) is 16.3 Å². The van der Waals surface area contributed by atoms with E-state index in [0.29, 0.717) is 0 Å². The molecule has 0 aliphatic rings. The molecular formula is C12H17NO4S. The second kappa shape index (κ2) is 5.49. The summed E-state index contributed by atoms with van der Waals surface area (Å²) in [7, 11) is -2.49. The number of sulfonamides is 1. The Morgan fingerprint density at radius 1 is 1.44 bits per heavy atom. The maximum atomic E-state index is 12.2. The van der Waals surface area contributed by atoms with Crippen LogP contribution in [-0.2, 0) is 21.2 Å². The molecule has 0 heterocycles. The Morgan fingerprint density at radius 2 is 2.06 bits per heavy atom. The maximum absolute atomic E-state index is 12.2. The molecule has 0 saturated heterocycles. The minimum atomic E-state index is -3.76. The number of hydrogen-bond acceptors (Lipinski definition) is 3. The average Bonchev–Trinajstić information content (AvgIpc) is 2.36. The topological polar surface area (TPSA) is 74.7 Å². The molecule has 0 radical (unpaired) electrons. The molecule has 18 heavy (non-hydrogen) atoms. The van der Waals surface area contributed by atoms with Crippen LogP contribution in [0.5, 0.6) is 0 Å². The first kappa shape index (κ1) is 14.7. The van der Waals surface area contributed by atoms with Crippen molar-refractivity contribution in [1.29, 1.82) is 0 Å². The third-order valence-electron chi connectivity index (χ3n) is 2.89. The van der Waals surface area contributed by atoms with Gasteiger partial charge >= 0.3 is 5.97 Å². The van der Waals surface area contributed by atoms with Crippen molar-refractivity contribution in [1.82, 2.24) is 4.31 Å². The summed E-state index contributed by atoms with van der Waals surface area (Å²) in [5.41, 5.74) is 0.896. The highest BCUT2D eigenvalue weighted by atomic mass is 32.2. The number of benzene rings is 1. The van der Waals surface area contributed by atoms with Gasteiger partial charge in [-0.25, -0.2) is 8.42 Å². The largest absolute Gasteiger partial charge is 0.480 e. The zero-order chi connectivity index (χ0) is 13.9. The number of likely N-dealkylation sites (N-methyl/N-ethyl adjacent to an activating group) is 1. The highest BCUT2D eigenvalue weighted by molar-refractivity contribution is 7.89. The van der Waals surface area contributed by atoms with Crippen molar-refractivity contribution in [3.8, 4) is 0 Å². The number of hydrogen-bond donors (Lipinski definition) is 1. The maximum Gasteiger partial charge on any atom is 0.321 e. The Balaban J connectivity index is 3.16. The SMILES string of the molecule is CCc1cccc(S(=O)(=O)N(C)C(C)C(=O)O)c1. The van der Waals surface area contributed by atoms with Crippen LogP contribution in [0.25, 0.3) is 0 Å². The van der Waals surface area contributed by atoms with Crippen molar-refractivity contribution in [2.45, 2.75) is 31.2 Å². The van der Waals surface area contributed by atoms with Crippen LogP contribution < -0.4 is 0 Å². The molecule has 0 saturated carbocycles. The number of aryl methyl sites for hydroxylation is 1. The molecule has 0 aromatic heterocycles. The second-order valence-corrected chi connectivity index (χ2v) is 6.03. The first-order chi connectivity index (χ1) is 8.30. The van der Waals surface area contributed by atoms with Gasteiger partial charge in [-0.3, -0.25) is 4.79 Å². The minimum Gasteiger partial charge on any atom is -0.480 e. The summed E-state index contributed by atoms with van der Waals surface area (Å²) in [6, 6.07) is 5.44. The van der Waals surface area contributed by atoms with Gasteiger partial charge in [0.25, 0.3) is 0 Å². The molecule has 1 rings (SSSR count). The Hall–Kier alpha value is -1.40. The first-order valence-corrected chi connectivity index (χ1v) is 7.04. The Labute approximate surface area is 107 Å². The van der Waals surface area contributed by atoms with Gasteiger partial charge in [0.1, 0.15) is 6.04 Å². The molecule has 0 fully saturated rings. The van der Waals surface area contributed by atoms with Crippen molar-refractivity contribution < 1.29 is 18.3 Å². The number of carboxylic acid groups (broad SMARTS) is 1. The van der Waals surface area contributed by atoms with Crippen LogP contribution in [0.4, 0.5) is 0 Å². The molecule has 1 aromatic rings. The van der Waals surface area contributed by atoms with Gasteiger partial charge in [0, 0.05) is 7.05 Å². The van der Waals surface area contributed by atoms with E-state index in [9.17, 15) is 13.2 Å². The first-order valence-electron chi connectivity index (χ1n) is 5.60. The summed E-state index contributed by atoms with van der Waals surface area (Å²) < 4.78 is 25.3. The molecule has 0 amide bonds. The molecule has 1 atom stereocenters. The molecule has 100 valence electrons. The predicted molar refractivity (Wildman–Crippen MR) is 67.9 cm³/mol. The number of carboxylic acids is 1. The van der Waals surface area contributed by atoms with Crippen molar-refractivity contribution in [2.24, 2.45) is 0 Å². The quantitative estimate of drug-likeness (QED) is 0.877. The standard InChI is InChI=1S/C12H17NO4S/c1-4-10-6-5-7-11(8-10)18(16,17)13(3)9(2)12(14)15/h5-9H,4H2,1-3H3,(H,14,15). The van der Waals surface area contributed by atoms with E-state index in [1.54, 1.807) is 12.1 Å². The molecule has 0 spiro atoms. The molecule has 6 heteroatoms. The Morgan fingerprint density at radius 3 is 2.56 bits per heavy atom. The predicted octanol–water partition coefficient (Wildman–Crippen LogP) is 1.34. The zero-order valence-electron chi connectivity index (χ0n) is 10.6. The van der Waals surface area contributed by atoms with E-state index in [4.69, 9.17) is 5.11 Å². The van der Waals surface area contributed by atoms with Crippen LogP contribution >= 0.6 is 0 Å². The fourth-order valence-electron chi connectivity index (χ4n) is 1.46. The van der Waals surface area contributed by atoms with E-state index in [-0.39, 0.29) is 4.90 Å². The van der Waals surface area contributed by atoms with Crippen LogP contribution in [0, 0.1) is 0 Å². The third-order valence-corrected chi connectivity index (χ3v) is 4.81. The smallest absolute Gasteiger partial charge is 0.321 e. The van der Waals surface area contributed by atoms with Gasteiger partial charge in [-0.05, 0) is 31.0 Å². The highest BCUT2D eigenvalue weighted by Crippen LogP contribution is 2.18. The lowest BCUT2D eigenvalue weighted by Crippen LogP contribution is -2.40. The average molecular weight is 271 g/mol. The van der Waals surface area contributed by atoms with E-state index < -0.39 is 22.0 Å². The highest BCUT2D eigenvalue weighted by Gasteiger charge is 2.29. The molecule has 0 aliphatic heterocycles. The monoisotopic (exact) mass is 271 g/mol. The number of aliphatic carboxylic acids is 1. The summed E-state index contributed by atoms with van der Waals surface area (Å²) >= 11 is 0. The summed E-state index contributed by atoms with van der Waals surface area (Å²) in [5.74, 6) is -1.17. The summed E-state index contributed by atoms with van der Waals surface area (Å²) in [6.45, 7) is 3.26. The van der Waals surface area contributed by atoms with Gasteiger partial charge in [-0.1, -0.05) is 19.1 Å². The van der Waals surface area contributed by atoms with Crippen molar-refractivity contribution in [3.63, 3.8) is 0 Å². The fourth-order valence-corrected chi connectivity index (χ4v) is 2.85. The van der Waals surface area contributed by atoms with E-state index in [1.165, 1.54) is 20.0 Å². The lowest BCUT2D eigenvalue weighted by molar-refractivity contribution is -0.140. The Bertz CT molecular complexity index is 539. The zero-order valence-corrected chi connectivity index (χ0v) is 11.4. The van der Waals surface area contributed by atoms with Crippen LogP contribution in [0.1, 0.15) is 19.4 Å². The minimum absolute atomic E-state index is 0.123. The van der Waals surface area contributed by atoms with Crippen molar-refractivity contribution >= 4 is 16.0 Å². The van der Waals surface area contributed by atoms with E-state index >= 15 is 0 Å². The summed E-state index contributed by atoms with van der Waals surface area (Å²) in [6.07, 6.45) is 0.724. The van der Waals surface area contributed by atoms with Crippen LogP contribution in [0.3, 0.4) is 0 Å². The second-order valence-electron chi connectivity index (χ2n) is 4.04. The van der Waals surface area contributed by atoms with Gasteiger partial charge in [0.15, 0.2) is 0 Å². The normalized spacial score (nSPS) is 13.6. The van der Waals surface area contributed by atoms with Gasteiger partial charge in [-0.15, -0.1) is 0 Å². The van der Waals surface area contributed by atoms with E-state index in [2.05, 4.69) is 0 Å². The molecule has 0 bridgehead atoms. The van der Waals surface area contributed by atoms with Gasteiger partial charge in [0.2, 0.25) is 10.0 Å². The molecule has 0 aliphatic carbocycles. The van der Waals surface area contributed by atoms with Crippen LogP contribution in [0.2, 0.25) is 0 Å². The van der Waals surface area contributed by atoms with Gasteiger partial charge in [-0.2, -0.15) is 4.31 Å². The Kier molecular flexibility index (Phi) is 4.48. The van der Waals surface area contributed by atoms with E-state index in [1.807, 2.05) is 13.0 Å². The fraction of sp³-hybridized carbons (Fsp3) is 0.417. The number of rotatable bonds is 5. The third kappa shape index (κ3) is 2.88. The van der Waals surface area contributed by atoms with Crippen molar-refractivity contribution in [3.05, 3.63) is 29.8 Å². The van der Waals surface area contributed by atoms with Crippen molar-refractivity contribution in [2.75, 3.05) is 7.05 Å². The van der Waals surface area contributed by atoms with Gasteiger partial charge < -0.3 is 5.11 Å². The van der Waals surface area contributed by atoms with Crippen LogP contribution in [0.15, 0.2) is 29.2 Å². The lowest BCUT2D eigenvalue weighted by atomic mass is 10.2.